The topological polar surface area (TPSA) is 46.2 Å². The Hall–Kier alpha value is -1.65. The van der Waals surface area contributed by atoms with Crippen molar-refractivity contribution in [1.29, 1.82) is 0 Å². The van der Waals surface area contributed by atoms with Crippen LogP contribution in [0, 0.1) is 0 Å². The third-order valence-corrected chi connectivity index (χ3v) is 4.03. The Bertz CT molecular complexity index is 595. The molecule has 104 valence electrons. The Morgan fingerprint density at radius 3 is 2.45 bits per heavy atom. The van der Waals surface area contributed by atoms with Gasteiger partial charge in [-0.1, -0.05) is 41.9 Å². The van der Waals surface area contributed by atoms with E-state index in [2.05, 4.69) is 5.32 Å². The van der Waals surface area contributed by atoms with Gasteiger partial charge in [0.05, 0.1) is 9.21 Å². The van der Waals surface area contributed by atoms with Crippen molar-refractivity contribution >= 4 is 34.6 Å². The van der Waals surface area contributed by atoms with E-state index in [0.717, 1.165) is 5.56 Å². The number of thiophene rings is 1. The highest BCUT2D eigenvalue weighted by Crippen LogP contribution is 2.22. The molecule has 1 heterocycles. The molecule has 0 unspecified atom stereocenters. The summed E-state index contributed by atoms with van der Waals surface area (Å²) in [6, 6.07) is 13.0. The van der Waals surface area contributed by atoms with Crippen molar-refractivity contribution in [3.8, 4) is 0 Å². The summed E-state index contributed by atoms with van der Waals surface area (Å²) in [5.74, 6) is -0.165. The van der Waals surface area contributed by atoms with Crippen LogP contribution in [0.25, 0.3) is 0 Å². The van der Waals surface area contributed by atoms with E-state index < -0.39 is 0 Å². The van der Waals surface area contributed by atoms with Gasteiger partial charge in [0.25, 0.3) is 0 Å². The fourth-order valence-corrected chi connectivity index (χ4v) is 2.71. The molecule has 1 amide bonds. The monoisotopic (exact) mass is 307 g/mol. The minimum atomic E-state index is -0.121. The largest absolute Gasteiger partial charge is 0.352 e. The predicted molar refractivity (Wildman–Crippen MR) is 81.2 cm³/mol. The lowest BCUT2D eigenvalue weighted by atomic mass is 10.2. The third-order valence-electron chi connectivity index (χ3n) is 2.76. The van der Waals surface area contributed by atoms with Crippen LogP contribution in [0.5, 0.6) is 0 Å². The van der Waals surface area contributed by atoms with Crippen LogP contribution in [0.2, 0.25) is 4.34 Å². The van der Waals surface area contributed by atoms with Crippen LogP contribution in [0.1, 0.15) is 28.1 Å². The molecular formula is C15H14ClNO2S. The molecule has 0 atom stereocenters. The zero-order valence-electron chi connectivity index (χ0n) is 10.8. The molecule has 20 heavy (non-hydrogen) atoms. The average molecular weight is 308 g/mol. The van der Waals surface area contributed by atoms with E-state index in [0.29, 0.717) is 15.8 Å². The van der Waals surface area contributed by atoms with Gasteiger partial charge in [-0.05, 0) is 17.7 Å². The second-order valence-electron chi connectivity index (χ2n) is 4.29. The van der Waals surface area contributed by atoms with Gasteiger partial charge in [-0.3, -0.25) is 9.59 Å². The van der Waals surface area contributed by atoms with Gasteiger partial charge in [-0.25, -0.2) is 0 Å². The van der Waals surface area contributed by atoms with E-state index in [4.69, 9.17) is 11.6 Å². The summed E-state index contributed by atoms with van der Waals surface area (Å²) in [4.78, 5) is 24.1. The molecule has 1 aromatic carbocycles. The van der Waals surface area contributed by atoms with Crippen molar-refractivity contribution < 1.29 is 9.59 Å². The number of Topliss-reactive ketones (excluding diaryl/α,β-unsaturated/α-hetero) is 1. The van der Waals surface area contributed by atoms with Gasteiger partial charge >= 0.3 is 0 Å². The zero-order chi connectivity index (χ0) is 14.4. The number of carbonyl (C=O) groups excluding carboxylic acids is 2. The summed E-state index contributed by atoms with van der Waals surface area (Å²) in [6.07, 6.45) is 0.401. The van der Waals surface area contributed by atoms with Crippen molar-refractivity contribution in [2.24, 2.45) is 0 Å². The molecule has 0 aliphatic rings. The Labute approximate surface area is 126 Å². The molecule has 2 aromatic rings. The lowest BCUT2D eigenvalue weighted by Crippen LogP contribution is -2.23. The maximum absolute atomic E-state index is 11.8. The highest BCUT2D eigenvalue weighted by Gasteiger charge is 2.11. The molecule has 3 nitrogen and oxygen atoms in total. The summed E-state index contributed by atoms with van der Waals surface area (Å²) in [7, 11) is 0. The van der Waals surface area contributed by atoms with Crippen LogP contribution in [-0.4, -0.2) is 11.7 Å². The maximum Gasteiger partial charge on any atom is 0.220 e. The molecule has 5 heteroatoms. The molecule has 0 saturated carbocycles. The number of hydrogen-bond acceptors (Lipinski definition) is 3. The molecule has 0 fully saturated rings. The molecule has 1 aromatic heterocycles. The summed E-state index contributed by atoms with van der Waals surface area (Å²) < 4.78 is 0.585. The van der Waals surface area contributed by atoms with Gasteiger partial charge < -0.3 is 5.32 Å². The van der Waals surface area contributed by atoms with E-state index in [1.54, 1.807) is 12.1 Å². The molecule has 1 N–H and O–H groups in total. The molecular weight excluding hydrogens is 294 g/mol. The Balaban J connectivity index is 1.74. The van der Waals surface area contributed by atoms with E-state index in [-0.39, 0.29) is 24.5 Å². The highest BCUT2D eigenvalue weighted by molar-refractivity contribution is 7.18. The minimum Gasteiger partial charge on any atom is -0.352 e. The molecule has 0 spiro atoms. The molecule has 0 saturated heterocycles. The lowest BCUT2D eigenvalue weighted by Gasteiger charge is -2.04. The molecule has 0 radical (unpaired) electrons. The normalized spacial score (nSPS) is 10.2. The van der Waals surface area contributed by atoms with E-state index >= 15 is 0 Å². The first kappa shape index (κ1) is 14.8. The summed E-state index contributed by atoms with van der Waals surface area (Å²) in [5, 5.41) is 2.80. The number of amides is 1. The van der Waals surface area contributed by atoms with Crippen LogP contribution in [0.4, 0.5) is 0 Å². The van der Waals surface area contributed by atoms with Gasteiger partial charge in [0.1, 0.15) is 0 Å². The number of ketones is 1. The fraction of sp³-hybridized carbons (Fsp3) is 0.200. The van der Waals surface area contributed by atoms with Gasteiger partial charge in [0.2, 0.25) is 5.91 Å². The summed E-state index contributed by atoms with van der Waals surface area (Å²) in [6.45, 7) is 0.485. The molecule has 0 bridgehead atoms. The quantitative estimate of drug-likeness (QED) is 0.827. The van der Waals surface area contributed by atoms with Crippen molar-refractivity contribution in [3.63, 3.8) is 0 Å². The molecule has 2 rings (SSSR count). The first-order chi connectivity index (χ1) is 9.65. The number of benzene rings is 1. The van der Waals surface area contributed by atoms with E-state index in [1.165, 1.54) is 11.3 Å². The SMILES string of the molecule is O=C(CCC(=O)c1ccc(Cl)s1)NCc1ccccc1. The highest BCUT2D eigenvalue weighted by atomic mass is 35.5. The Morgan fingerprint density at radius 2 is 1.80 bits per heavy atom. The first-order valence-corrected chi connectivity index (χ1v) is 7.44. The summed E-state index contributed by atoms with van der Waals surface area (Å²) >= 11 is 7.01. The van der Waals surface area contributed by atoms with Crippen molar-refractivity contribution in [3.05, 3.63) is 57.2 Å². The van der Waals surface area contributed by atoms with Gasteiger partial charge in [0, 0.05) is 19.4 Å². The predicted octanol–water partition coefficient (Wildman–Crippen LogP) is 3.68. The fourth-order valence-electron chi connectivity index (χ4n) is 1.70. The summed E-state index contributed by atoms with van der Waals surface area (Å²) in [5.41, 5.74) is 1.04. The lowest BCUT2D eigenvalue weighted by molar-refractivity contribution is -0.121. The van der Waals surface area contributed by atoms with Crippen molar-refractivity contribution in [1.82, 2.24) is 5.32 Å². The van der Waals surface area contributed by atoms with Gasteiger partial charge in [0.15, 0.2) is 5.78 Å². The number of carbonyl (C=O) groups is 2. The first-order valence-electron chi connectivity index (χ1n) is 6.24. The second kappa shape index (κ2) is 7.22. The van der Waals surface area contributed by atoms with Gasteiger partial charge in [-0.2, -0.15) is 0 Å². The number of nitrogens with one attached hydrogen (secondary N) is 1. The Kier molecular flexibility index (Phi) is 5.32. The number of hydrogen-bond donors (Lipinski definition) is 1. The standard InChI is InChI=1S/C15H14ClNO2S/c16-14-8-7-13(20-14)12(18)6-9-15(19)17-10-11-4-2-1-3-5-11/h1-5,7-8H,6,9-10H2,(H,17,19). The van der Waals surface area contributed by atoms with Crippen LogP contribution in [-0.2, 0) is 11.3 Å². The van der Waals surface area contributed by atoms with Crippen LogP contribution in [0.3, 0.4) is 0 Å². The zero-order valence-corrected chi connectivity index (χ0v) is 12.3. The van der Waals surface area contributed by atoms with E-state index in [9.17, 15) is 9.59 Å². The van der Waals surface area contributed by atoms with Crippen LogP contribution in [0.15, 0.2) is 42.5 Å². The van der Waals surface area contributed by atoms with Crippen LogP contribution < -0.4 is 5.32 Å². The number of rotatable bonds is 6. The average Bonchev–Trinajstić information content (AvgIpc) is 2.90. The molecule has 0 aliphatic carbocycles. The van der Waals surface area contributed by atoms with Crippen LogP contribution >= 0.6 is 22.9 Å². The van der Waals surface area contributed by atoms with E-state index in [1.807, 2.05) is 30.3 Å². The van der Waals surface area contributed by atoms with Crippen molar-refractivity contribution in [2.45, 2.75) is 19.4 Å². The van der Waals surface area contributed by atoms with Crippen molar-refractivity contribution in [2.75, 3.05) is 0 Å². The third kappa shape index (κ3) is 4.47. The van der Waals surface area contributed by atoms with Gasteiger partial charge in [-0.15, -0.1) is 11.3 Å². The molecule has 0 aliphatic heterocycles. The number of halogens is 1. The minimum absolute atomic E-state index is 0.0447. The second-order valence-corrected chi connectivity index (χ2v) is 6.00. The smallest absolute Gasteiger partial charge is 0.220 e. The Morgan fingerprint density at radius 1 is 1.05 bits per heavy atom. The maximum atomic E-state index is 11.8.